The molecule has 0 radical (unpaired) electrons. The van der Waals surface area contributed by atoms with E-state index in [1.54, 1.807) is 33.6 Å². The van der Waals surface area contributed by atoms with Gasteiger partial charge in [-0.25, -0.2) is 38.7 Å². The number of rotatable bonds is 17. The Balaban J connectivity index is 0.000000171. The summed E-state index contributed by atoms with van der Waals surface area (Å²) in [4.78, 5) is 41.8. The quantitative estimate of drug-likeness (QED) is 0.0205. The molecule has 4 aromatic carbocycles. The topological polar surface area (TPSA) is 297 Å². The van der Waals surface area contributed by atoms with Crippen LogP contribution < -0.4 is 0 Å². The zero-order valence-corrected chi connectivity index (χ0v) is 63.1. The molecule has 27 nitrogen and oxygen atoms in total. The summed E-state index contributed by atoms with van der Waals surface area (Å²) in [6.45, 7) is 20.8. The molecular weight excluding hydrogens is 1380 g/mol. The number of aromatic nitrogens is 6. The highest BCUT2D eigenvalue weighted by molar-refractivity contribution is 5.67. The van der Waals surface area contributed by atoms with E-state index in [0.717, 1.165) is 116 Å². The second-order valence-electron chi connectivity index (χ2n) is 32.8. The van der Waals surface area contributed by atoms with Gasteiger partial charge in [0.25, 0.3) is 0 Å². The van der Waals surface area contributed by atoms with Gasteiger partial charge in [-0.2, -0.15) is 0 Å². The first kappa shape index (κ1) is 74.8. The van der Waals surface area contributed by atoms with Gasteiger partial charge in [0.2, 0.25) is 17.4 Å². The summed E-state index contributed by atoms with van der Waals surface area (Å²) in [5.41, 5.74) is 23.8. The minimum atomic E-state index is -0.808. The largest absolute Gasteiger partial charge is 0.352 e. The SMILES string of the molecule is C#CCCO[C@@H]1O[C@@H]2O[C@@]3(C)CC[C@H]4[C@H](C)CC[C@@H]([C@H]1C)[C@@]24OO3.C[C@H]1[C@H](OCCc2cn(-c3ccc(-c4ccc(-n5cc(CCO[C@@H]6O[C@@H]7O[C@@]8(C)CC[C@H]9[C@H](C)CC[C@@H]([C@H]6C)[C@@]79OO8)nn5)cc4)cc3)nn2)O[C@@H]2O[C@@]3(C)CC[C@H]4[C@H](C)CC[C@@H]1[C@@]24OO3.[N-]=[N+]=Nc1ccc(-c2ccc(N=[N+]=[N-])cc2)cc1. The van der Waals surface area contributed by atoms with Crippen molar-refractivity contribution in [2.75, 3.05) is 19.8 Å². The summed E-state index contributed by atoms with van der Waals surface area (Å²) < 4.78 is 61.2. The molecule has 3 saturated carbocycles. The van der Waals surface area contributed by atoms with Crippen molar-refractivity contribution in [1.29, 1.82) is 0 Å². The summed E-state index contributed by atoms with van der Waals surface area (Å²) in [5, 5.41) is 24.8. The van der Waals surface area contributed by atoms with Crippen molar-refractivity contribution in [2.24, 2.45) is 81.2 Å². The third kappa shape index (κ3) is 13.9. The van der Waals surface area contributed by atoms with Crippen LogP contribution in [0.15, 0.2) is 120 Å². The van der Waals surface area contributed by atoms with Gasteiger partial charge in [-0.3, -0.25) is 0 Å². The van der Waals surface area contributed by atoms with Crippen LogP contribution in [0.4, 0.5) is 11.4 Å². The summed E-state index contributed by atoms with van der Waals surface area (Å²) in [7, 11) is 0. The Morgan fingerprint density at radius 1 is 0.444 bits per heavy atom. The van der Waals surface area contributed by atoms with Crippen LogP contribution in [0.25, 0.3) is 54.5 Å². The van der Waals surface area contributed by atoms with E-state index in [0.29, 0.717) is 91.9 Å². The fourth-order valence-corrected chi connectivity index (χ4v) is 20.2. The molecule has 24 atom stereocenters. The third-order valence-corrected chi connectivity index (χ3v) is 26.2. The molecule has 12 saturated heterocycles. The van der Waals surface area contributed by atoms with E-state index in [4.69, 9.17) is 89.4 Å². The number of benzene rings is 4. The number of nitrogens with zero attached hydrogens (tertiary/aromatic N) is 12. The van der Waals surface area contributed by atoms with Gasteiger partial charge in [-0.1, -0.05) is 135 Å². The highest BCUT2D eigenvalue weighted by atomic mass is 17.3. The van der Waals surface area contributed by atoms with Crippen LogP contribution >= 0.6 is 0 Å². The molecule has 21 rings (SSSR count). The Labute approximate surface area is 629 Å². The van der Waals surface area contributed by atoms with Gasteiger partial charge in [-0.05, 0) is 172 Å². The second-order valence-corrected chi connectivity index (χ2v) is 32.8. The zero-order valence-electron chi connectivity index (χ0n) is 63.1. The van der Waals surface area contributed by atoms with Crippen LogP contribution in [0.3, 0.4) is 0 Å². The normalized spacial score (nSPS) is 39.2. The monoisotopic (exact) mass is 1480 g/mol. The highest BCUT2D eigenvalue weighted by Gasteiger charge is 2.73. The fourth-order valence-electron chi connectivity index (χ4n) is 20.2. The van der Waals surface area contributed by atoms with E-state index in [2.05, 4.69) is 137 Å². The first-order valence-electron chi connectivity index (χ1n) is 39.0. The lowest BCUT2D eigenvalue weighted by Crippen LogP contribution is -2.70. The average molecular weight is 1480 g/mol. The van der Waals surface area contributed by atoms with Crippen LogP contribution in [-0.4, -0.2) is 122 Å². The standard InChI is InChI=1S/C50H64N6O10.C19H28O5.C12H8N6/c1-29-7-17-41-31(3)43(59-45-49(41)39(29)19-23-47(5,61-45)63-65-49)57-25-21-35-27-55(53-51-35)37-13-9-33(10-14-37)34-11-15-38(16-12-34)56-28-36(52-54-56)22-26-58-44-32(4)42-18-8-30(2)40-20-24-48(6)62-46(60-44)50(40,42)66-64-48;1-5-6-11-20-16-13(3)15-8-7-12(2)14-9-10-18(4)22-17(21-16)19(14,15)24-23-18;13-17-15-11-5-1-9(2-6-11)10-3-7-12(8-4-10)16-18-14/h9-16,27-32,39-46H,7-8,17-26H2,1-6H3;1,12-17H,6-11H2,2-4H3;1-8H/t29-,30-,31-,32-,39+,40+,41+,42+,43-,44-,45-,46-,47-,48-,49-,50-;12-,13-,14+,15+,16-,17-,18-,19-;/m11./s1. The van der Waals surface area contributed by atoms with Crippen LogP contribution in [0.5, 0.6) is 0 Å². The lowest BCUT2D eigenvalue weighted by molar-refractivity contribution is -0.577. The lowest BCUT2D eigenvalue weighted by atomic mass is 9.58. The molecule has 15 aliphatic rings. The van der Waals surface area contributed by atoms with Crippen molar-refractivity contribution in [3.05, 3.63) is 142 Å². The molecule has 0 amide bonds. The predicted octanol–water partition coefficient (Wildman–Crippen LogP) is 16.5. The first-order valence-corrected chi connectivity index (χ1v) is 39.0. The summed E-state index contributed by atoms with van der Waals surface area (Å²) in [5.74, 6) is 4.12. The molecule has 15 fully saturated rings. The van der Waals surface area contributed by atoms with Gasteiger partial charge in [-0.15, -0.1) is 22.5 Å². The maximum atomic E-state index is 8.31. The van der Waals surface area contributed by atoms with E-state index in [-0.39, 0.29) is 35.9 Å². The number of ether oxygens (including phenoxy) is 9. The average Bonchev–Trinajstić information content (AvgIpc) is 1.38. The van der Waals surface area contributed by atoms with E-state index in [9.17, 15) is 0 Å². The van der Waals surface area contributed by atoms with Crippen LogP contribution in [-0.2, 0) is 84.8 Å². The molecule has 3 spiro atoms. The van der Waals surface area contributed by atoms with Gasteiger partial charge in [0.15, 0.2) is 54.5 Å². The van der Waals surface area contributed by atoms with Crippen LogP contribution in [0, 0.1) is 83.4 Å². The number of azide groups is 2. The van der Waals surface area contributed by atoms with E-state index >= 15 is 0 Å². The molecule has 0 unspecified atom stereocenters. The molecule has 6 bridgehead atoms. The Kier molecular flexibility index (Phi) is 21.1. The molecule has 574 valence electrons. The van der Waals surface area contributed by atoms with E-state index in [1.807, 2.05) is 57.4 Å². The van der Waals surface area contributed by atoms with Crippen molar-refractivity contribution in [3.63, 3.8) is 0 Å². The molecule has 6 aromatic rings. The predicted molar refractivity (Wildman–Crippen MR) is 390 cm³/mol. The molecule has 108 heavy (non-hydrogen) atoms. The number of hydrogen-bond acceptors (Lipinski definition) is 21. The lowest BCUT2D eigenvalue weighted by Gasteiger charge is -2.60. The molecule has 0 N–H and O–H groups in total. The summed E-state index contributed by atoms with van der Waals surface area (Å²) in [6, 6.07) is 31.1. The van der Waals surface area contributed by atoms with Gasteiger partial charge < -0.3 is 42.6 Å². The van der Waals surface area contributed by atoms with Gasteiger partial charge in [0.1, 0.15) is 0 Å². The Morgan fingerprint density at radius 3 is 1.09 bits per heavy atom. The second kappa shape index (κ2) is 30.4. The van der Waals surface area contributed by atoms with Crippen molar-refractivity contribution in [2.45, 2.75) is 231 Å². The maximum Gasteiger partial charge on any atom is 0.201 e. The van der Waals surface area contributed by atoms with Crippen molar-refractivity contribution in [1.82, 2.24) is 30.0 Å². The van der Waals surface area contributed by atoms with Gasteiger partial charge in [0.05, 0.1) is 55.0 Å². The number of hydrogen-bond donors (Lipinski definition) is 0. The van der Waals surface area contributed by atoms with Crippen LogP contribution in [0.2, 0.25) is 0 Å². The molecule has 2 aromatic heterocycles. The summed E-state index contributed by atoms with van der Waals surface area (Å²) >= 11 is 0. The first-order chi connectivity index (χ1) is 52.3. The highest BCUT2D eigenvalue weighted by Crippen LogP contribution is 2.64. The Morgan fingerprint density at radius 2 is 0.769 bits per heavy atom. The summed E-state index contributed by atoms with van der Waals surface area (Å²) in [6.07, 6.45) is 20.6. The Bertz CT molecular complexity index is 4070. The van der Waals surface area contributed by atoms with E-state index < -0.39 is 65.6 Å². The molecule has 3 aliphatic carbocycles. The third-order valence-electron chi connectivity index (χ3n) is 26.2. The van der Waals surface area contributed by atoms with Crippen LogP contribution in [0.1, 0.15) is 157 Å². The molecule has 12 aliphatic heterocycles. The number of terminal acetylenes is 1. The minimum absolute atomic E-state index is 0.122. The molecule has 14 heterocycles. The van der Waals surface area contributed by atoms with Crippen molar-refractivity contribution < 1.29 is 72.0 Å². The smallest absolute Gasteiger partial charge is 0.201 e. The van der Waals surface area contributed by atoms with Crippen molar-refractivity contribution >= 4 is 11.4 Å². The van der Waals surface area contributed by atoms with E-state index in [1.165, 1.54) is 6.42 Å². The molecule has 27 heteroatoms. The van der Waals surface area contributed by atoms with Gasteiger partial charge >= 0.3 is 0 Å². The van der Waals surface area contributed by atoms with Gasteiger partial charge in [0, 0.05) is 95.2 Å². The maximum absolute atomic E-state index is 8.31. The minimum Gasteiger partial charge on any atom is -0.352 e. The molecular formula is C81H100N12O15. The zero-order chi connectivity index (χ0) is 74.7. The van der Waals surface area contributed by atoms with Crippen molar-refractivity contribution in [3.8, 4) is 46.0 Å². The Hall–Kier alpha value is -7.26. The number of fused-ring (bicyclic) bond motifs is 6. The fraction of sp³-hybridized carbons (Fsp3) is 0.630.